The molecule has 0 radical (unpaired) electrons. The largest absolute Gasteiger partial charge is 0.500 e. The molecule has 0 aromatic heterocycles. The van der Waals surface area contributed by atoms with E-state index in [2.05, 4.69) is 17.3 Å². The summed E-state index contributed by atoms with van der Waals surface area (Å²) < 4.78 is 4.91. The Morgan fingerprint density at radius 1 is 1.41 bits per heavy atom. The third kappa shape index (κ3) is 3.29. The third-order valence-corrected chi connectivity index (χ3v) is 5.08. The average Bonchev–Trinajstić information content (AvgIpc) is 2.86. The third-order valence-electron chi connectivity index (χ3n) is 5.08. The van der Waals surface area contributed by atoms with E-state index in [1.165, 1.54) is 13.2 Å². The van der Waals surface area contributed by atoms with Gasteiger partial charge in [-0.05, 0) is 37.7 Å². The number of urea groups is 1. The van der Waals surface area contributed by atoms with Gasteiger partial charge in [0.1, 0.15) is 5.54 Å². The lowest BCUT2D eigenvalue weighted by Crippen LogP contribution is -2.49. The number of methoxy groups -OCH3 is 1. The first-order valence-corrected chi connectivity index (χ1v) is 8.53. The maximum Gasteiger partial charge on any atom is 0.346 e. The standard InChI is InChI=1S/C17H20N4O6/c1-10-3-5-17(6-4-10)15(23)20(16(24)19-17)18-9-11-7-12(21(25)26)14(22)13(8-11)27-2/h7-10,22H,3-6H2,1-2H3,(H,19,24)/b18-9-. The van der Waals surface area contributed by atoms with Crippen molar-refractivity contribution in [2.45, 2.75) is 38.1 Å². The van der Waals surface area contributed by atoms with Crippen LogP contribution in [0, 0.1) is 16.0 Å². The number of carbonyl (C=O) groups is 2. The minimum absolute atomic E-state index is 0.111. The number of amides is 3. The minimum atomic E-state index is -0.917. The van der Waals surface area contributed by atoms with Crippen molar-refractivity contribution in [3.05, 3.63) is 27.8 Å². The fourth-order valence-corrected chi connectivity index (χ4v) is 3.41. The number of carbonyl (C=O) groups excluding carboxylic acids is 2. The molecule has 1 aromatic carbocycles. The first-order chi connectivity index (χ1) is 12.8. The summed E-state index contributed by atoms with van der Waals surface area (Å²) in [6.07, 6.45) is 3.94. The molecule has 1 aliphatic heterocycles. The lowest BCUT2D eigenvalue weighted by atomic mass is 9.77. The van der Waals surface area contributed by atoms with Crippen molar-refractivity contribution < 1.29 is 24.4 Å². The molecule has 2 N–H and O–H groups in total. The van der Waals surface area contributed by atoms with Gasteiger partial charge in [0.2, 0.25) is 5.75 Å². The number of ether oxygens (including phenoxy) is 1. The Bertz CT molecular complexity index is 829. The lowest BCUT2D eigenvalue weighted by molar-refractivity contribution is -0.386. The Labute approximate surface area is 154 Å². The molecule has 2 aliphatic rings. The molecule has 2 fully saturated rings. The maximum absolute atomic E-state index is 12.7. The number of nitro benzene ring substituents is 1. The zero-order valence-electron chi connectivity index (χ0n) is 15.0. The van der Waals surface area contributed by atoms with E-state index < -0.39 is 33.8 Å². The minimum Gasteiger partial charge on any atom is -0.500 e. The quantitative estimate of drug-likeness (QED) is 0.358. The lowest BCUT2D eigenvalue weighted by Gasteiger charge is -2.33. The smallest absolute Gasteiger partial charge is 0.346 e. The highest BCUT2D eigenvalue weighted by Gasteiger charge is 2.52. The van der Waals surface area contributed by atoms with Gasteiger partial charge in [-0.15, -0.1) is 5.01 Å². The molecule has 144 valence electrons. The molecule has 1 aliphatic carbocycles. The summed E-state index contributed by atoms with van der Waals surface area (Å²) in [5.41, 5.74) is -1.28. The number of imide groups is 1. The van der Waals surface area contributed by atoms with Gasteiger partial charge in [-0.3, -0.25) is 14.9 Å². The monoisotopic (exact) mass is 376 g/mol. The molecule has 1 saturated carbocycles. The van der Waals surface area contributed by atoms with Crippen molar-refractivity contribution in [1.29, 1.82) is 0 Å². The summed E-state index contributed by atoms with van der Waals surface area (Å²) in [4.78, 5) is 35.2. The van der Waals surface area contributed by atoms with Gasteiger partial charge in [-0.2, -0.15) is 5.10 Å². The van der Waals surface area contributed by atoms with Crippen molar-refractivity contribution in [3.8, 4) is 11.5 Å². The Morgan fingerprint density at radius 2 is 2.07 bits per heavy atom. The van der Waals surface area contributed by atoms with Crippen LogP contribution in [0.5, 0.6) is 11.5 Å². The Hall–Kier alpha value is -3.17. The highest BCUT2D eigenvalue weighted by atomic mass is 16.6. The first-order valence-electron chi connectivity index (χ1n) is 8.53. The average molecular weight is 376 g/mol. The maximum atomic E-state index is 12.7. The van der Waals surface area contributed by atoms with Crippen molar-refractivity contribution >= 4 is 23.8 Å². The van der Waals surface area contributed by atoms with Gasteiger partial charge in [0.15, 0.2) is 5.75 Å². The Balaban J connectivity index is 1.86. The molecule has 1 saturated heterocycles. The second kappa shape index (κ2) is 6.86. The topological polar surface area (TPSA) is 134 Å². The van der Waals surface area contributed by atoms with Gasteiger partial charge in [0, 0.05) is 11.6 Å². The molecule has 1 spiro atoms. The van der Waals surface area contributed by atoms with Gasteiger partial charge in [-0.1, -0.05) is 6.92 Å². The van der Waals surface area contributed by atoms with Gasteiger partial charge in [0.25, 0.3) is 5.91 Å². The normalized spacial score (nSPS) is 25.3. The summed E-state index contributed by atoms with van der Waals surface area (Å²) in [6.45, 7) is 2.11. The van der Waals surface area contributed by atoms with E-state index >= 15 is 0 Å². The number of hydrogen-bond donors (Lipinski definition) is 2. The van der Waals surface area contributed by atoms with Gasteiger partial charge in [-0.25, -0.2) is 4.79 Å². The van der Waals surface area contributed by atoms with Crippen molar-refractivity contribution in [3.63, 3.8) is 0 Å². The van der Waals surface area contributed by atoms with Crippen LogP contribution in [0.1, 0.15) is 38.2 Å². The molecule has 0 unspecified atom stereocenters. The fourth-order valence-electron chi connectivity index (χ4n) is 3.41. The van der Waals surface area contributed by atoms with E-state index in [0.717, 1.165) is 30.1 Å². The highest BCUT2D eigenvalue weighted by molar-refractivity contribution is 6.07. The van der Waals surface area contributed by atoms with Crippen LogP contribution in [0.2, 0.25) is 0 Å². The SMILES string of the molecule is COc1cc(/C=N\N2C(=O)NC3(CCC(C)CC3)C2=O)cc([N+](=O)[O-])c1O. The zero-order chi connectivity index (χ0) is 19.8. The molecular weight excluding hydrogens is 356 g/mol. The summed E-state index contributed by atoms with van der Waals surface area (Å²) in [5, 5.41) is 28.3. The van der Waals surface area contributed by atoms with Crippen LogP contribution < -0.4 is 10.1 Å². The number of nitro groups is 1. The number of hydrazone groups is 1. The predicted octanol–water partition coefficient (Wildman–Crippen LogP) is 2.14. The van der Waals surface area contributed by atoms with Crippen molar-refractivity contribution in [1.82, 2.24) is 10.3 Å². The number of nitrogens with one attached hydrogen (secondary N) is 1. The number of nitrogens with zero attached hydrogens (tertiary/aromatic N) is 3. The predicted molar refractivity (Wildman–Crippen MR) is 94.6 cm³/mol. The molecule has 3 amide bonds. The van der Waals surface area contributed by atoms with Crippen LogP contribution >= 0.6 is 0 Å². The van der Waals surface area contributed by atoms with E-state index in [4.69, 9.17) is 4.74 Å². The number of aromatic hydroxyl groups is 1. The number of phenols is 1. The van der Waals surface area contributed by atoms with E-state index in [0.29, 0.717) is 18.8 Å². The number of hydrogen-bond acceptors (Lipinski definition) is 7. The van der Waals surface area contributed by atoms with Gasteiger partial charge in [0.05, 0.1) is 18.2 Å². The summed E-state index contributed by atoms with van der Waals surface area (Å²) in [7, 11) is 1.25. The summed E-state index contributed by atoms with van der Waals surface area (Å²) in [6, 6.07) is 1.78. The van der Waals surface area contributed by atoms with Crippen LogP contribution in [0.15, 0.2) is 17.2 Å². The van der Waals surface area contributed by atoms with E-state index in [9.17, 15) is 24.8 Å². The molecule has 1 heterocycles. The van der Waals surface area contributed by atoms with E-state index in [1.807, 2.05) is 0 Å². The van der Waals surface area contributed by atoms with Crippen LogP contribution in [0.4, 0.5) is 10.5 Å². The second-order valence-electron chi connectivity index (χ2n) is 6.90. The molecule has 0 atom stereocenters. The van der Waals surface area contributed by atoms with Crippen LogP contribution in [-0.4, -0.2) is 45.8 Å². The second-order valence-corrected chi connectivity index (χ2v) is 6.90. The summed E-state index contributed by atoms with van der Waals surface area (Å²) in [5.74, 6) is -0.635. The van der Waals surface area contributed by atoms with Crippen LogP contribution in [-0.2, 0) is 4.79 Å². The Kier molecular flexibility index (Phi) is 4.73. The molecule has 10 nitrogen and oxygen atoms in total. The number of phenolic OH excluding ortho intramolecular Hbond substituents is 1. The number of benzene rings is 1. The molecular formula is C17H20N4O6. The number of rotatable bonds is 4. The first kappa shape index (κ1) is 18.6. The molecule has 1 aromatic rings. The summed E-state index contributed by atoms with van der Waals surface area (Å²) >= 11 is 0. The molecule has 3 rings (SSSR count). The van der Waals surface area contributed by atoms with Crippen molar-refractivity contribution in [2.75, 3.05) is 7.11 Å². The fraction of sp³-hybridized carbons (Fsp3) is 0.471. The van der Waals surface area contributed by atoms with Crippen LogP contribution in [0.25, 0.3) is 0 Å². The molecule has 10 heteroatoms. The van der Waals surface area contributed by atoms with Gasteiger partial charge < -0.3 is 15.2 Å². The van der Waals surface area contributed by atoms with Gasteiger partial charge >= 0.3 is 11.7 Å². The highest BCUT2D eigenvalue weighted by Crippen LogP contribution is 2.37. The Morgan fingerprint density at radius 3 is 2.67 bits per heavy atom. The zero-order valence-corrected chi connectivity index (χ0v) is 15.0. The van der Waals surface area contributed by atoms with E-state index in [1.54, 1.807) is 0 Å². The van der Waals surface area contributed by atoms with Crippen molar-refractivity contribution in [2.24, 2.45) is 11.0 Å². The molecule has 27 heavy (non-hydrogen) atoms. The van der Waals surface area contributed by atoms with E-state index in [-0.39, 0.29) is 11.3 Å². The van der Waals surface area contributed by atoms with Crippen LogP contribution in [0.3, 0.4) is 0 Å². The molecule has 0 bridgehead atoms.